The third kappa shape index (κ3) is 3.08. The molecule has 1 aliphatic rings. The molecule has 5 heteroatoms. The average molecular weight is 238 g/mol. The summed E-state index contributed by atoms with van der Waals surface area (Å²) in [7, 11) is 0. The van der Waals surface area contributed by atoms with Gasteiger partial charge in [0.2, 0.25) is 0 Å². The fourth-order valence-electron chi connectivity index (χ4n) is 1.93. The van der Waals surface area contributed by atoms with E-state index in [4.69, 9.17) is 15.0 Å². The van der Waals surface area contributed by atoms with Crippen LogP contribution in [-0.2, 0) is 11.3 Å². The smallest absolute Gasteiger partial charge is 0.301 e. The predicted molar refractivity (Wildman–Crippen MR) is 62.0 cm³/mol. The van der Waals surface area contributed by atoms with Crippen molar-refractivity contribution >= 4 is 5.91 Å². The van der Waals surface area contributed by atoms with Crippen molar-refractivity contribution in [2.24, 2.45) is 11.8 Å². The minimum absolute atomic E-state index is 0.233. The number of nitrogens with two attached hydrogens (primary N) is 1. The van der Waals surface area contributed by atoms with Gasteiger partial charge in [0.15, 0.2) is 5.76 Å². The first-order valence-corrected chi connectivity index (χ1v) is 5.96. The first kappa shape index (κ1) is 12.1. The molecule has 0 aromatic carbocycles. The first-order chi connectivity index (χ1) is 8.31. The van der Waals surface area contributed by atoms with Crippen LogP contribution >= 0.6 is 0 Å². The molecule has 1 heterocycles. The molecule has 5 nitrogen and oxygen atoms in total. The van der Waals surface area contributed by atoms with Gasteiger partial charge in [0.25, 0.3) is 0 Å². The van der Waals surface area contributed by atoms with Crippen molar-refractivity contribution in [1.82, 2.24) is 5.43 Å². The molecule has 1 saturated carbocycles. The summed E-state index contributed by atoms with van der Waals surface area (Å²) < 4.78 is 10.6. The van der Waals surface area contributed by atoms with E-state index >= 15 is 0 Å². The van der Waals surface area contributed by atoms with E-state index in [9.17, 15) is 4.79 Å². The van der Waals surface area contributed by atoms with E-state index < -0.39 is 5.91 Å². The molecule has 0 atom stereocenters. The molecule has 3 N–H and O–H groups in total. The van der Waals surface area contributed by atoms with Gasteiger partial charge in [0.05, 0.1) is 12.9 Å². The van der Waals surface area contributed by atoms with E-state index in [1.165, 1.54) is 25.5 Å². The van der Waals surface area contributed by atoms with E-state index in [1.54, 1.807) is 6.07 Å². The standard InChI is InChI=1S/C12H18N2O3/c13-14-12(15)11-10(5-7-17-11)8-16-6-4-9-2-1-3-9/h5,7,9H,1-4,6,8,13H2,(H,14,15). The molecule has 94 valence electrons. The molecular weight excluding hydrogens is 220 g/mol. The molecule has 1 fully saturated rings. The molecule has 1 aromatic heterocycles. The average Bonchev–Trinajstić information content (AvgIpc) is 2.73. The Kier molecular flexibility index (Phi) is 4.17. The molecule has 0 radical (unpaired) electrons. The van der Waals surface area contributed by atoms with Gasteiger partial charge in [0, 0.05) is 12.2 Å². The highest BCUT2D eigenvalue weighted by molar-refractivity contribution is 5.92. The van der Waals surface area contributed by atoms with Crippen LogP contribution in [0.1, 0.15) is 41.8 Å². The van der Waals surface area contributed by atoms with Gasteiger partial charge in [-0.25, -0.2) is 5.84 Å². The molecule has 0 aliphatic heterocycles. The highest BCUT2D eigenvalue weighted by Gasteiger charge is 2.17. The summed E-state index contributed by atoms with van der Waals surface area (Å²) >= 11 is 0. The Morgan fingerprint density at radius 1 is 1.59 bits per heavy atom. The molecule has 1 aliphatic carbocycles. The van der Waals surface area contributed by atoms with Crippen LogP contribution in [0.4, 0.5) is 0 Å². The maximum atomic E-state index is 11.3. The number of hydrogen-bond donors (Lipinski definition) is 2. The van der Waals surface area contributed by atoms with Crippen LogP contribution in [0.15, 0.2) is 16.7 Å². The second-order valence-corrected chi connectivity index (χ2v) is 4.39. The molecule has 1 aromatic rings. The Morgan fingerprint density at radius 3 is 3.06 bits per heavy atom. The summed E-state index contributed by atoms with van der Waals surface area (Å²) in [5, 5.41) is 0. The minimum Gasteiger partial charge on any atom is -0.459 e. The molecule has 0 unspecified atom stereocenters. The summed E-state index contributed by atoms with van der Waals surface area (Å²) in [6, 6.07) is 1.73. The summed E-state index contributed by atoms with van der Waals surface area (Å²) in [4.78, 5) is 11.3. The monoisotopic (exact) mass is 238 g/mol. The Hall–Kier alpha value is -1.33. The lowest BCUT2D eigenvalue weighted by Gasteiger charge is -2.24. The van der Waals surface area contributed by atoms with E-state index in [-0.39, 0.29) is 5.76 Å². The van der Waals surface area contributed by atoms with Gasteiger partial charge < -0.3 is 9.15 Å². The molecule has 17 heavy (non-hydrogen) atoms. The number of nitrogen functional groups attached to an aromatic ring is 1. The predicted octanol–water partition coefficient (Wildman–Crippen LogP) is 1.59. The summed E-state index contributed by atoms with van der Waals surface area (Å²) in [6.07, 6.45) is 6.59. The largest absolute Gasteiger partial charge is 0.459 e. The summed E-state index contributed by atoms with van der Waals surface area (Å²) in [6.45, 7) is 1.13. The van der Waals surface area contributed by atoms with Crippen LogP contribution in [0, 0.1) is 5.92 Å². The van der Waals surface area contributed by atoms with Crippen molar-refractivity contribution < 1.29 is 13.9 Å². The van der Waals surface area contributed by atoms with Crippen LogP contribution in [0.3, 0.4) is 0 Å². The Labute approximate surface area is 100 Å². The zero-order valence-electron chi connectivity index (χ0n) is 9.78. The third-order valence-corrected chi connectivity index (χ3v) is 3.24. The molecule has 1 amide bonds. The number of carbonyl (C=O) groups is 1. The Morgan fingerprint density at radius 2 is 2.41 bits per heavy atom. The number of carbonyl (C=O) groups excluding carboxylic acids is 1. The van der Waals surface area contributed by atoms with Crippen molar-refractivity contribution in [1.29, 1.82) is 0 Å². The van der Waals surface area contributed by atoms with Gasteiger partial charge in [-0.2, -0.15) is 0 Å². The maximum Gasteiger partial charge on any atom is 0.301 e. The fourth-order valence-corrected chi connectivity index (χ4v) is 1.93. The normalized spacial score (nSPS) is 15.6. The van der Waals surface area contributed by atoms with Gasteiger partial charge >= 0.3 is 5.91 Å². The number of nitrogens with one attached hydrogen (secondary N) is 1. The quantitative estimate of drug-likeness (QED) is 0.341. The number of rotatable bonds is 6. The molecular formula is C12H18N2O3. The van der Waals surface area contributed by atoms with E-state index in [0.717, 1.165) is 24.5 Å². The number of hydrogen-bond acceptors (Lipinski definition) is 4. The van der Waals surface area contributed by atoms with Crippen molar-refractivity contribution in [2.75, 3.05) is 6.61 Å². The molecule has 0 spiro atoms. The number of amides is 1. The van der Waals surface area contributed by atoms with Gasteiger partial charge in [0.1, 0.15) is 0 Å². The van der Waals surface area contributed by atoms with Crippen molar-refractivity contribution in [3.63, 3.8) is 0 Å². The van der Waals surface area contributed by atoms with Gasteiger partial charge in [-0.3, -0.25) is 10.2 Å². The van der Waals surface area contributed by atoms with Gasteiger partial charge in [-0.1, -0.05) is 19.3 Å². The first-order valence-electron chi connectivity index (χ1n) is 5.96. The van der Waals surface area contributed by atoms with Crippen LogP contribution in [0.25, 0.3) is 0 Å². The summed E-state index contributed by atoms with van der Waals surface area (Å²) in [5.41, 5.74) is 2.78. The number of ether oxygens (including phenoxy) is 1. The second kappa shape index (κ2) is 5.84. The van der Waals surface area contributed by atoms with E-state index in [0.29, 0.717) is 6.61 Å². The fraction of sp³-hybridized carbons (Fsp3) is 0.583. The Bertz CT molecular complexity index is 372. The topological polar surface area (TPSA) is 77.5 Å². The Balaban J connectivity index is 1.74. The van der Waals surface area contributed by atoms with Crippen molar-refractivity contribution in [3.05, 3.63) is 23.7 Å². The van der Waals surface area contributed by atoms with E-state index in [1.807, 2.05) is 5.43 Å². The van der Waals surface area contributed by atoms with Crippen LogP contribution in [0.2, 0.25) is 0 Å². The lowest BCUT2D eigenvalue weighted by atomic mass is 9.83. The third-order valence-electron chi connectivity index (χ3n) is 3.24. The lowest BCUT2D eigenvalue weighted by molar-refractivity contribution is 0.0869. The molecule has 2 rings (SSSR count). The second-order valence-electron chi connectivity index (χ2n) is 4.39. The lowest BCUT2D eigenvalue weighted by Crippen LogP contribution is -2.30. The van der Waals surface area contributed by atoms with E-state index in [2.05, 4.69) is 0 Å². The van der Waals surface area contributed by atoms with Crippen LogP contribution in [-0.4, -0.2) is 12.5 Å². The minimum atomic E-state index is -0.424. The highest BCUT2D eigenvalue weighted by atomic mass is 16.5. The maximum absolute atomic E-state index is 11.3. The van der Waals surface area contributed by atoms with Crippen molar-refractivity contribution in [3.8, 4) is 0 Å². The van der Waals surface area contributed by atoms with Gasteiger partial charge in [-0.15, -0.1) is 0 Å². The van der Waals surface area contributed by atoms with Crippen molar-refractivity contribution in [2.45, 2.75) is 32.3 Å². The van der Waals surface area contributed by atoms with Gasteiger partial charge in [-0.05, 0) is 18.4 Å². The number of hydrazine groups is 1. The summed E-state index contributed by atoms with van der Waals surface area (Å²) in [5.74, 6) is 5.70. The SMILES string of the molecule is NNC(=O)c1occc1COCCC1CCC1. The van der Waals surface area contributed by atoms with Crippen LogP contribution in [0.5, 0.6) is 0 Å². The number of furan rings is 1. The van der Waals surface area contributed by atoms with Crippen LogP contribution < -0.4 is 11.3 Å². The zero-order valence-corrected chi connectivity index (χ0v) is 9.78. The highest BCUT2D eigenvalue weighted by Crippen LogP contribution is 2.29. The zero-order chi connectivity index (χ0) is 12.1. The molecule has 0 saturated heterocycles. The molecule has 0 bridgehead atoms.